The van der Waals surface area contributed by atoms with E-state index in [1.807, 2.05) is 24.3 Å². The lowest BCUT2D eigenvalue weighted by atomic mass is 9.87. The number of benzene rings is 2. The SMILES string of the molecule is COC1(C(=O)O)CCCN(C(=O)C(C)(C)CNC(=O)OCC2c3ccccc3-c3ccccc32)C1. The first-order chi connectivity index (χ1) is 16.7. The van der Waals surface area contributed by atoms with Crippen molar-refractivity contribution in [2.45, 2.75) is 38.2 Å². The number of piperidine rings is 1. The Bertz CT molecular complexity index is 1080. The quantitative estimate of drug-likeness (QED) is 0.627. The summed E-state index contributed by atoms with van der Waals surface area (Å²) in [5.41, 5.74) is 2.22. The number of fused-ring (bicyclic) bond motifs is 3. The second-order valence-corrected chi connectivity index (χ2v) is 9.90. The molecular formula is C27H32N2O6. The van der Waals surface area contributed by atoms with Gasteiger partial charge in [0.15, 0.2) is 5.60 Å². The van der Waals surface area contributed by atoms with Gasteiger partial charge in [0.2, 0.25) is 5.91 Å². The fourth-order valence-corrected chi connectivity index (χ4v) is 5.07. The predicted molar refractivity (Wildman–Crippen MR) is 130 cm³/mol. The Kier molecular flexibility index (Phi) is 6.85. The molecule has 0 saturated carbocycles. The number of nitrogens with one attached hydrogen (secondary N) is 1. The zero-order valence-electron chi connectivity index (χ0n) is 20.4. The van der Waals surface area contributed by atoms with Crippen LogP contribution in [0.5, 0.6) is 0 Å². The van der Waals surface area contributed by atoms with Crippen LogP contribution < -0.4 is 5.32 Å². The summed E-state index contributed by atoms with van der Waals surface area (Å²) in [6, 6.07) is 16.2. The first kappa shape index (κ1) is 24.7. The van der Waals surface area contributed by atoms with Crippen molar-refractivity contribution in [1.82, 2.24) is 10.2 Å². The lowest BCUT2D eigenvalue weighted by Gasteiger charge is -2.41. The van der Waals surface area contributed by atoms with Crippen molar-refractivity contribution >= 4 is 18.0 Å². The molecule has 1 heterocycles. The summed E-state index contributed by atoms with van der Waals surface area (Å²) in [5.74, 6) is -1.36. The van der Waals surface area contributed by atoms with E-state index in [4.69, 9.17) is 9.47 Å². The van der Waals surface area contributed by atoms with Crippen LogP contribution in [-0.2, 0) is 19.1 Å². The minimum atomic E-state index is -1.40. The van der Waals surface area contributed by atoms with Gasteiger partial charge in [-0.05, 0) is 48.9 Å². The van der Waals surface area contributed by atoms with Crippen molar-refractivity contribution in [2.24, 2.45) is 5.41 Å². The highest BCUT2D eigenvalue weighted by Crippen LogP contribution is 2.44. The molecule has 0 bridgehead atoms. The van der Waals surface area contributed by atoms with E-state index in [1.165, 1.54) is 12.0 Å². The number of carbonyl (C=O) groups excluding carboxylic acids is 2. The molecule has 0 radical (unpaired) electrons. The van der Waals surface area contributed by atoms with E-state index in [1.54, 1.807) is 13.8 Å². The van der Waals surface area contributed by atoms with Crippen LogP contribution in [0.3, 0.4) is 0 Å². The Hall–Kier alpha value is -3.39. The van der Waals surface area contributed by atoms with Crippen LogP contribution in [-0.4, -0.2) is 66.9 Å². The standard InChI is InChI=1S/C27H32N2O6/c1-26(2,23(30)29-14-8-13-27(17-29,34-3)24(31)32)16-28-25(33)35-15-22-20-11-6-4-9-18(20)19-10-5-7-12-21(19)22/h4-7,9-12,22H,8,13-17H2,1-3H3,(H,28,33)(H,31,32). The number of rotatable bonds is 7. The first-order valence-electron chi connectivity index (χ1n) is 11.9. The Morgan fingerprint density at radius 1 is 1.09 bits per heavy atom. The monoisotopic (exact) mass is 480 g/mol. The second-order valence-electron chi connectivity index (χ2n) is 9.90. The predicted octanol–water partition coefficient (Wildman–Crippen LogP) is 3.64. The molecule has 0 aromatic heterocycles. The largest absolute Gasteiger partial charge is 0.479 e. The molecule has 1 aliphatic heterocycles. The van der Waals surface area contributed by atoms with Crippen molar-refractivity contribution in [2.75, 3.05) is 33.4 Å². The molecule has 1 fully saturated rings. The topological polar surface area (TPSA) is 105 Å². The summed E-state index contributed by atoms with van der Waals surface area (Å²) < 4.78 is 10.8. The van der Waals surface area contributed by atoms with Gasteiger partial charge in [0, 0.05) is 26.1 Å². The van der Waals surface area contributed by atoms with E-state index in [-0.39, 0.29) is 31.5 Å². The van der Waals surface area contributed by atoms with E-state index in [0.29, 0.717) is 19.4 Å². The van der Waals surface area contributed by atoms with E-state index in [9.17, 15) is 19.5 Å². The number of hydrogen-bond donors (Lipinski definition) is 2. The summed E-state index contributed by atoms with van der Waals surface area (Å²) in [7, 11) is 1.35. The van der Waals surface area contributed by atoms with Gasteiger partial charge in [0.05, 0.1) is 12.0 Å². The maximum Gasteiger partial charge on any atom is 0.407 e. The van der Waals surface area contributed by atoms with E-state index in [2.05, 4.69) is 29.6 Å². The van der Waals surface area contributed by atoms with Gasteiger partial charge in [0.1, 0.15) is 6.61 Å². The number of methoxy groups -OCH3 is 1. The molecular weight excluding hydrogens is 448 g/mol. The Morgan fingerprint density at radius 3 is 2.26 bits per heavy atom. The molecule has 2 aromatic carbocycles. The molecule has 35 heavy (non-hydrogen) atoms. The third-order valence-electron chi connectivity index (χ3n) is 7.12. The van der Waals surface area contributed by atoms with Gasteiger partial charge in [-0.2, -0.15) is 0 Å². The summed E-state index contributed by atoms with van der Waals surface area (Å²) in [6.45, 7) is 4.13. The molecule has 8 heteroatoms. The van der Waals surface area contributed by atoms with E-state index < -0.39 is 23.1 Å². The minimum absolute atomic E-state index is 0.0218. The molecule has 2 amide bonds. The van der Waals surface area contributed by atoms with Gasteiger partial charge in [-0.3, -0.25) is 4.79 Å². The third-order valence-corrected chi connectivity index (χ3v) is 7.12. The summed E-state index contributed by atoms with van der Waals surface area (Å²) in [5, 5.41) is 12.3. The average molecular weight is 481 g/mol. The smallest absolute Gasteiger partial charge is 0.407 e. The summed E-state index contributed by atoms with van der Waals surface area (Å²) >= 11 is 0. The zero-order chi connectivity index (χ0) is 25.2. The highest BCUT2D eigenvalue weighted by molar-refractivity contribution is 5.85. The first-order valence-corrected chi connectivity index (χ1v) is 11.9. The molecule has 1 atom stereocenters. The highest BCUT2D eigenvalue weighted by atomic mass is 16.5. The number of aliphatic carboxylic acids is 1. The molecule has 0 spiro atoms. The number of carbonyl (C=O) groups is 3. The van der Waals surface area contributed by atoms with E-state index in [0.717, 1.165) is 22.3 Å². The normalized spacial score (nSPS) is 19.6. The second kappa shape index (κ2) is 9.70. The van der Waals surface area contributed by atoms with Crippen LogP contribution in [0.1, 0.15) is 43.7 Å². The van der Waals surface area contributed by atoms with Gasteiger partial charge in [-0.1, -0.05) is 48.5 Å². The Balaban J connectivity index is 1.35. The van der Waals surface area contributed by atoms with Crippen LogP contribution in [0.4, 0.5) is 4.79 Å². The van der Waals surface area contributed by atoms with E-state index >= 15 is 0 Å². The highest BCUT2D eigenvalue weighted by Gasteiger charge is 2.46. The molecule has 2 N–H and O–H groups in total. The molecule has 4 rings (SSSR count). The molecule has 1 saturated heterocycles. The molecule has 8 nitrogen and oxygen atoms in total. The summed E-state index contributed by atoms with van der Waals surface area (Å²) in [6.07, 6.45) is 0.283. The number of carboxylic acids is 1. The van der Waals surface area contributed by atoms with Crippen molar-refractivity contribution in [3.8, 4) is 11.1 Å². The zero-order valence-corrected chi connectivity index (χ0v) is 20.4. The number of amides is 2. The van der Waals surface area contributed by atoms with Gasteiger partial charge >= 0.3 is 12.1 Å². The Labute approximate surface area is 205 Å². The minimum Gasteiger partial charge on any atom is -0.479 e. The third kappa shape index (κ3) is 4.75. The Morgan fingerprint density at radius 2 is 1.69 bits per heavy atom. The lowest BCUT2D eigenvalue weighted by molar-refractivity contribution is -0.173. The molecule has 1 unspecified atom stereocenters. The van der Waals surface area contributed by atoms with Crippen LogP contribution in [0.25, 0.3) is 11.1 Å². The molecule has 2 aliphatic rings. The van der Waals surface area contributed by atoms with Crippen LogP contribution >= 0.6 is 0 Å². The average Bonchev–Trinajstić information content (AvgIpc) is 3.19. The maximum atomic E-state index is 13.2. The van der Waals surface area contributed by atoms with Crippen molar-refractivity contribution < 1.29 is 29.0 Å². The maximum absolute atomic E-state index is 13.2. The fourth-order valence-electron chi connectivity index (χ4n) is 5.07. The number of alkyl carbamates (subject to hydrolysis) is 1. The fraction of sp³-hybridized carbons (Fsp3) is 0.444. The van der Waals surface area contributed by atoms with Gasteiger partial charge in [-0.25, -0.2) is 9.59 Å². The molecule has 2 aromatic rings. The van der Waals surface area contributed by atoms with Crippen molar-refractivity contribution in [1.29, 1.82) is 0 Å². The van der Waals surface area contributed by atoms with Crippen LogP contribution in [0, 0.1) is 5.41 Å². The lowest BCUT2D eigenvalue weighted by Crippen LogP contribution is -2.58. The number of ether oxygens (including phenoxy) is 2. The number of nitrogens with zero attached hydrogens (tertiary/aromatic N) is 1. The van der Waals surface area contributed by atoms with Crippen molar-refractivity contribution in [3.63, 3.8) is 0 Å². The van der Waals surface area contributed by atoms with Gasteiger partial charge in [0.25, 0.3) is 0 Å². The van der Waals surface area contributed by atoms with Crippen LogP contribution in [0.15, 0.2) is 48.5 Å². The van der Waals surface area contributed by atoms with Gasteiger partial charge in [-0.15, -0.1) is 0 Å². The molecule has 1 aliphatic carbocycles. The van der Waals surface area contributed by atoms with Crippen LogP contribution in [0.2, 0.25) is 0 Å². The summed E-state index contributed by atoms with van der Waals surface area (Å²) in [4.78, 5) is 39.0. The number of hydrogen-bond acceptors (Lipinski definition) is 5. The van der Waals surface area contributed by atoms with Gasteiger partial charge < -0.3 is 24.8 Å². The number of carboxylic acid groups (broad SMARTS) is 1. The number of likely N-dealkylation sites (tertiary alicyclic amines) is 1. The molecule has 186 valence electrons. The van der Waals surface area contributed by atoms with Crippen molar-refractivity contribution in [3.05, 3.63) is 59.7 Å².